The predicted molar refractivity (Wildman–Crippen MR) is 136 cm³/mol. The first kappa shape index (κ1) is 33.9. The van der Waals surface area contributed by atoms with Gasteiger partial charge in [-0.1, -0.05) is 18.2 Å². The second-order valence-corrected chi connectivity index (χ2v) is 9.96. The van der Waals surface area contributed by atoms with Gasteiger partial charge in [-0.25, -0.2) is 18.7 Å². The third-order valence-electron chi connectivity index (χ3n) is 6.60. The zero-order valence-corrected chi connectivity index (χ0v) is 22.5. The van der Waals surface area contributed by atoms with Gasteiger partial charge < -0.3 is 10.2 Å². The number of carbonyl (C=O) groups is 2. The fourth-order valence-electron chi connectivity index (χ4n) is 4.63. The van der Waals surface area contributed by atoms with Crippen LogP contribution in [-0.4, -0.2) is 71.8 Å². The molecule has 2 aromatic heterocycles. The molecule has 5 rings (SSSR count). The second-order valence-electron chi connectivity index (χ2n) is 9.96. The van der Waals surface area contributed by atoms with Crippen LogP contribution in [0.1, 0.15) is 23.5 Å². The lowest BCUT2D eigenvalue weighted by Gasteiger charge is -2.22. The zero-order chi connectivity index (χ0) is 32.9. The summed E-state index contributed by atoms with van der Waals surface area (Å²) in [6, 6.07) is 11.8. The van der Waals surface area contributed by atoms with Crippen LogP contribution in [0.5, 0.6) is 0 Å². The standard InChI is InChI=1S/C22H22FN5O2.2C2HF3O2/c23-17-6-4-16(5-7-17)12-28-21(30)20(29)27-15-22(11-19(27)25-28)8-10-26(14-22)13-18-3-1-2-9-24-18;2*3-2(4,5)1(6)7/h1-7,9H,8,10-15H2;2*(H,6,7). The summed E-state index contributed by atoms with van der Waals surface area (Å²) in [5.74, 6) is -5.20. The monoisotopic (exact) mass is 635 g/mol. The van der Waals surface area contributed by atoms with Crippen molar-refractivity contribution >= 4 is 11.9 Å². The average molecular weight is 635 g/mol. The maximum absolute atomic E-state index is 13.1. The summed E-state index contributed by atoms with van der Waals surface area (Å²) in [4.78, 5) is 49.9. The summed E-state index contributed by atoms with van der Waals surface area (Å²) in [6.45, 7) is 3.23. The Morgan fingerprint density at radius 1 is 0.864 bits per heavy atom. The molecule has 0 radical (unpaired) electrons. The molecule has 3 aromatic rings. The van der Waals surface area contributed by atoms with Crippen LogP contribution in [0.4, 0.5) is 30.7 Å². The Balaban J connectivity index is 0.000000317. The summed E-state index contributed by atoms with van der Waals surface area (Å²) >= 11 is 0. The van der Waals surface area contributed by atoms with E-state index >= 15 is 0 Å². The molecule has 1 saturated heterocycles. The molecule has 18 heteroatoms. The number of aromatic nitrogens is 4. The summed E-state index contributed by atoms with van der Waals surface area (Å²) in [5, 5.41) is 18.8. The molecule has 1 spiro atoms. The summed E-state index contributed by atoms with van der Waals surface area (Å²) < 4.78 is 79.4. The smallest absolute Gasteiger partial charge is 0.475 e. The van der Waals surface area contributed by atoms with Crippen LogP contribution in [-0.2, 0) is 35.6 Å². The first-order valence-corrected chi connectivity index (χ1v) is 12.6. The molecule has 238 valence electrons. The number of nitrogens with zero attached hydrogens (tertiary/aromatic N) is 5. The lowest BCUT2D eigenvalue weighted by Crippen LogP contribution is -2.43. The molecule has 44 heavy (non-hydrogen) atoms. The summed E-state index contributed by atoms with van der Waals surface area (Å²) in [7, 11) is 0. The normalized spacial score (nSPS) is 17.7. The molecule has 1 aromatic carbocycles. The average Bonchev–Trinajstić information content (AvgIpc) is 3.50. The van der Waals surface area contributed by atoms with Gasteiger partial charge in [-0.3, -0.25) is 24.0 Å². The van der Waals surface area contributed by atoms with Crippen molar-refractivity contribution in [3.05, 3.63) is 92.3 Å². The molecular formula is C26H24F7N5O6. The van der Waals surface area contributed by atoms with Crippen molar-refractivity contribution in [2.45, 2.75) is 44.8 Å². The number of carboxylic acid groups (broad SMARTS) is 2. The highest BCUT2D eigenvalue weighted by Crippen LogP contribution is 2.39. The van der Waals surface area contributed by atoms with Crippen LogP contribution in [0.3, 0.4) is 0 Å². The largest absolute Gasteiger partial charge is 0.490 e. The predicted octanol–water partition coefficient (Wildman–Crippen LogP) is 2.70. The van der Waals surface area contributed by atoms with Crippen molar-refractivity contribution in [1.82, 2.24) is 24.2 Å². The Morgan fingerprint density at radius 3 is 1.98 bits per heavy atom. The van der Waals surface area contributed by atoms with E-state index in [-0.39, 0.29) is 17.8 Å². The van der Waals surface area contributed by atoms with Crippen LogP contribution in [0.15, 0.2) is 58.3 Å². The molecular weight excluding hydrogens is 611 g/mol. The van der Waals surface area contributed by atoms with Crippen molar-refractivity contribution in [3.8, 4) is 0 Å². The van der Waals surface area contributed by atoms with Gasteiger partial charge in [-0.15, -0.1) is 0 Å². The van der Waals surface area contributed by atoms with Gasteiger partial charge in [0.15, 0.2) is 0 Å². The van der Waals surface area contributed by atoms with Gasteiger partial charge in [0.1, 0.15) is 11.6 Å². The Bertz CT molecular complexity index is 1570. The van der Waals surface area contributed by atoms with E-state index in [2.05, 4.69) is 15.0 Å². The van der Waals surface area contributed by atoms with E-state index in [1.54, 1.807) is 22.9 Å². The van der Waals surface area contributed by atoms with Crippen molar-refractivity contribution in [3.63, 3.8) is 0 Å². The fourth-order valence-corrected chi connectivity index (χ4v) is 4.63. The summed E-state index contributed by atoms with van der Waals surface area (Å²) in [5.41, 5.74) is 0.519. The fraction of sp³-hybridized carbons (Fsp3) is 0.385. The van der Waals surface area contributed by atoms with Crippen molar-refractivity contribution in [1.29, 1.82) is 0 Å². The molecule has 1 unspecified atom stereocenters. The molecule has 4 heterocycles. The molecule has 2 aliphatic rings. The first-order valence-electron chi connectivity index (χ1n) is 12.6. The maximum atomic E-state index is 13.1. The minimum absolute atomic E-state index is 0.0740. The Hall–Kier alpha value is -4.61. The van der Waals surface area contributed by atoms with E-state index in [1.807, 2.05) is 18.2 Å². The third kappa shape index (κ3) is 8.95. The molecule has 1 fully saturated rings. The topological polar surface area (TPSA) is 148 Å². The van der Waals surface area contributed by atoms with Crippen LogP contribution in [0, 0.1) is 11.2 Å². The van der Waals surface area contributed by atoms with Crippen molar-refractivity contribution < 1.29 is 50.5 Å². The van der Waals surface area contributed by atoms with Crippen molar-refractivity contribution in [2.24, 2.45) is 5.41 Å². The van der Waals surface area contributed by atoms with Crippen LogP contribution in [0.25, 0.3) is 0 Å². The maximum Gasteiger partial charge on any atom is 0.490 e. The SMILES string of the molecule is O=C(O)C(F)(F)F.O=C(O)C(F)(F)F.O=c1c(=O)n2c(nn1Cc1ccc(F)cc1)CC1(CCN(Cc3ccccn3)C1)C2. The van der Waals surface area contributed by atoms with Crippen LogP contribution in [0.2, 0.25) is 0 Å². The molecule has 0 bridgehead atoms. The van der Waals surface area contributed by atoms with E-state index in [0.29, 0.717) is 18.8 Å². The van der Waals surface area contributed by atoms with Gasteiger partial charge in [0.25, 0.3) is 0 Å². The molecule has 0 amide bonds. The lowest BCUT2D eigenvalue weighted by atomic mass is 9.86. The highest BCUT2D eigenvalue weighted by Gasteiger charge is 2.45. The lowest BCUT2D eigenvalue weighted by molar-refractivity contribution is -0.193. The van der Waals surface area contributed by atoms with E-state index in [0.717, 1.165) is 37.3 Å². The van der Waals surface area contributed by atoms with Gasteiger partial charge in [0, 0.05) is 37.7 Å². The molecule has 1 atom stereocenters. The zero-order valence-electron chi connectivity index (χ0n) is 22.5. The number of benzene rings is 1. The van der Waals surface area contributed by atoms with Gasteiger partial charge in [0.2, 0.25) is 0 Å². The highest BCUT2D eigenvalue weighted by atomic mass is 19.4. The van der Waals surface area contributed by atoms with E-state index in [9.17, 15) is 40.3 Å². The third-order valence-corrected chi connectivity index (χ3v) is 6.60. The van der Waals surface area contributed by atoms with Crippen LogP contribution >= 0.6 is 0 Å². The second kappa shape index (κ2) is 13.4. The van der Waals surface area contributed by atoms with Gasteiger partial charge in [0.05, 0.1) is 12.2 Å². The van der Waals surface area contributed by atoms with E-state index < -0.39 is 35.4 Å². The Labute approximate surface area is 242 Å². The van der Waals surface area contributed by atoms with E-state index in [1.165, 1.54) is 16.8 Å². The quantitative estimate of drug-likeness (QED) is 0.326. The van der Waals surface area contributed by atoms with Crippen molar-refractivity contribution in [2.75, 3.05) is 13.1 Å². The number of halogens is 7. The number of likely N-dealkylation sites (tertiary alicyclic amines) is 1. The number of pyridine rings is 1. The van der Waals surface area contributed by atoms with Gasteiger partial charge >= 0.3 is 35.4 Å². The highest BCUT2D eigenvalue weighted by molar-refractivity contribution is 5.73. The number of aliphatic carboxylic acids is 2. The first-order chi connectivity index (χ1) is 20.4. The number of hydrogen-bond acceptors (Lipinski definition) is 7. The molecule has 0 aliphatic carbocycles. The molecule has 2 N–H and O–H groups in total. The minimum Gasteiger partial charge on any atom is -0.475 e. The molecule has 0 saturated carbocycles. The Morgan fingerprint density at radius 2 is 1.45 bits per heavy atom. The summed E-state index contributed by atoms with van der Waals surface area (Å²) in [6.07, 6.45) is -6.74. The van der Waals surface area contributed by atoms with Gasteiger partial charge in [-0.2, -0.15) is 31.4 Å². The number of hydrogen-bond donors (Lipinski definition) is 2. The molecule has 2 aliphatic heterocycles. The molecule has 11 nitrogen and oxygen atoms in total. The minimum atomic E-state index is -5.08. The number of fused-ring (bicyclic) bond motifs is 1. The van der Waals surface area contributed by atoms with Gasteiger partial charge in [-0.05, 0) is 42.8 Å². The Kier molecular flexibility index (Phi) is 10.3. The number of alkyl halides is 6. The van der Waals surface area contributed by atoms with E-state index in [4.69, 9.17) is 19.8 Å². The number of rotatable bonds is 4. The van der Waals surface area contributed by atoms with Crippen LogP contribution < -0.4 is 11.1 Å². The number of carboxylic acids is 2.